The summed E-state index contributed by atoms with van der Waals surface area (Å²) in [5.41, 5.74) is 6.61. The molecule has 4 nitrogen and oxygen atoms in total. The van der Waals surface area contributed by atoms with Gasteiger partial charge < -0.3 is 16.0 Å². The zero-order valence-electron chi connectivity index (χ0n) is 8.75. The smallest absolute Gasteiger partial charge is 0.321 e. The van der Waals surface area contributed by atoms with Crippen LogP contribution in [0.2, 0.25) is 5.02 Å². The Morgan fingerprint density at radius 2 is 2.27 bits per heavy atom. The van der Waals surface area contributed by atoms with Crippen molar-refractivity contribution in [2.45, 2.75) is 6.92 Å². The number of nitrogens with one attached hydrogen (secondary N) is 1. The maximum Gasteiger partial charge on any atom is 0.321 e. The van der Waals surface area contributed by atoms with E-state index in [4.69, 9.17) is 17.3 Å². The number of nitrogens with two attached hydrogens (primary N) is 1. The molecule has 2 amide bonds. The minimum atomic E-state index is -0.225. The van der Waals surface area contributed by atoms with E-state index in [9.17, 15) is 4.79 Å². The van der Waals surface area contributed by atoms with Gasteiger partial charge in [0.15, 0.2) is 0 Å². The largest absolute Gasteiger partial charge is 0.397 e. The molecule has 0 heterocycles. The summed E-state index contributed by atoms with van der Waals surface area (Å²) in [7, 11) is 1.70. The number of hydrogen-bond donors (Lipinski definition) is 2. The Kier molecular flexibility index (Phi) is 3.80. The molecule has 0 saturated heterocycles. The molecule has 0 aliphatic heterocycles. The van der Waals surface area contributed by atoms with Gasteiger partial charge in [0.2, 0.25) is 0 Å². The average Bonchev–Trinajstić information content (AvgIpc) is 2.22. The number of nitrogens with zero attached hydrogens (tertiary/aromatic N) is 1. The standard InChI is InChI=1S/C10H14ClN3O/c1-3-14(2)10(15)13-9-7(11)5-4-6-8(9)12/h4-6H,3,12H2,1-2H3,(H,13,15). The fraction of sp³-hybridized carbons (Fsp3) is 0.300. The molecule has 0 unspecified atom stereocenters. The molecule has 1 rings (SSSR count). The van der Waals surface area contributed by atoms with E-state index in [0.29, 0.717) is 22.9 Å². The van der Waals surface area contributed by atoms with Gasteiger partial charge in [-0.05, 0) is 19.1 Å². The van der Waals surface area contributed by atoms with Crippen LogP contribution in [0.5, 0.6) is 0 Å². The van der Waals surface area contributed by atoms with Crippen LogP contribution in [0.4, 0.5) is 16.2 Å². The van der Waals surface area contributed by atoms with Crippen LogP contribution in [0.15, 0.2) is 18.2 Å². The minimum absolute atomic E-state index is 0.225. The number of carbonyl (C=O) groups excluding carboxylic acids is 1. The van der Waals surface area contributed by atoms with Gasteiger partial charge in [0.05, 0.1) is 16.4 Å². The highest BCUT2D eigenvalue weighted by Gasteiger charge is 2.10. The second-order valence-electron chi connectivity index (χ2n) is 3.15. The molecule has 15 heavy (non-hydrogen) atoms. The summed E-state index contributed by atoms with van der Waals surface area (Å²) in [5.74, 6) is 0. The van der Waals surface area contributed by atoms with Crippen molar-refractivity contribution in [2.24, 2.45) is 0 Å². The van der Waals surface area contributed by atoms with E-state index in [1.165, 1.54) is 4.90 Å². The van der Waals surface area contributed by atoms with Crippen LogP contribution in [-0.2, 0) is 0 Å². The molecule has 0 spiro atoms. The van der Waals surface area contributed by atoms with E-state index in [2.05, 4.69) is 5.32 Å². The van der Waals surface area contributed by atoms with Crippen LogP contribution in [0.25, 0.3) is 0 Å². The first-order valence-electron chi connectivity index (χ1n) is 4.62. The zero-order chi connectivity index (χ0) is 11.4. The summed E-state index contributed by atoms with van der Waals surface area (Å²) in [6, 6.07) is 4.88. The quantitative estimate of drug-likeness (QED) is 0.763. The number of benzene rings is 1. The van der Waals surface area contributed by atoms with E-state index in [1.54, 1.807) is 25.2 Å². The highest BCUT2D eigenvalue weighted by molar-refractivity contribution is 6.34. The first-order chi connectivity index (χ1) is 7.06. The lowest BCUT2D eigenvalue weighted by Gasteiger charge is -2.17. The van der Waals surface area contributed by atoms with Crippen molar-refractivity contribution in [1.29, 1.82) is 0 Å². The van der Waals surface area contributed by atoms with Gasteiger partial charge in [0.1, 0.15) is 0 Å². The molecule has 0 bridgehead atoms. The molecular weight excluding hydrogens is 214 g/mol. The zero-order valence-corrected chi connectivity index (χ0v) is 9.51. The van der Waals surface area contributed by atoms with E-state index in [1.807, 2.05) is 6.92 Å². The highest BCUT2D eigenvalue weighted by Crippen LogP contribution is 2.27. The summed E-state index contributed by atoms with van der Waals surface area (Å²) in [4.78, 5) is 13.1. The van der Waals surface area contributed by atoms with Gasteiger partial charge in [-0.25, -0.2) is 4.79 Å². The Morgan fingerprint density at radius 1 is 1.60 bits per heavy atom. The number of hydrogen-bond acceptors (Lipinski definition) is 2. The number of nitrogen functional groups attached to an aromatic ring is 1. The van der Waals surface area contributed by atoms with Gasteiger partial charge in [-0.3, -0.25) is 0 Å². The van der Waals surface area contributed by atoms with E-state index >= 15 is 0 Å². The van der Waals surface area contributed by atoms with Crippen molar-refractivity contribution < 1.29 is 4.79 Å². The van der Waals surface area contributed by atoms with Crippen LogP contribution >= 0.6 is 11.6 Å². The first kappa shape index (κ1) is 11.7. The van der Waals surface area contributed by atoms with Crippen LogP contribution in [0.1, 0.15) is 6.92 Å². The number of para-hydroxylation sites is 1. The SMILES string of the molecule is CCN(C)C(=O)Nc1c(N)cccc1Cl. The third kappa shape index (κ3) is 2.76. The van der Waals surface area contributed by atoms with Crippen molar-refractivity contribution in [3.8, 4) is 0 Å². The van der Waals surface area contributed by atoms with Crippen molar-refractivity contribution in [1.82, 2.24) is 4.90 Å². The summed E-state index contributed by atoms with van der Waals surface area (Å²) in [6.45, 7) is 2.51. The maximum absolute atomic E-state index is 11.5. The summed E-state index contributed by atoms with van der Waals surface area (Å²) in [5, 5.41) is 3.10. The van der Waals surface area contributed by atoms with E-state index < -0.39 is 0 Å². The number of carbonyl (C=O) groups is 1. The van der Waals surface area contributed by atoms with Crippen LogP contribution in [0, 0.1) is 0 Å². The van der Waals surface area contributed by atoms with E-state index in [-0.39, 0.29) is 6.03 Å². The van der Waals surface area contributed by atoms with Crippen molar-refractivity contribution in [3.63, 3.8) is 0 Å². The molecule has 5 heteroatoms. The minimum Gasteiger partial charge on any atom is -0.397 e. The molecule has 0 saturated carbocycles. The van der Waals surface area contributed by atoms with E-state index in [0.717, 1.165) is 0 Å². The number of rotatable bonds is 2. The third-order valence-electron chi connectivity index (χ3n) is 2.10. The maximum atomic E-state index is 11.5. The summed E-state index contributed by atoms with van der Waals surface area (Å²) in [6.07, 6.45) is 0. The lowest BCUT2D eigenvalue weighted by Crippen LogP contribution is -2.31. The number of amides is 2. The average molecular weight is 228 g/mol. The Hall–Kier alpha value is -1.42. The monoisotopic (exact) mass is 227 g/mol. The molecule has 0 aromatic heterocycles. The Labute approximate surface area is 94.0 Å². The number of urea groups is 1. The third-order valence-corrected chi connectivity index (χ3v) is 2.41. The van der Waals surface area contributed by atoms with Gasteiger partial charge in [-0.2, -0.15) is 0 Å². The Bertz CT molecular complexity index is 347. The van der Waals surface area contributed by atoms with Crippen LogP contribution < -0.4 is 11.1 Å². The predicted octanol–water partition coefficient (Wildman–Crippen LogP) is 2.41. The summed E-state index contributed by atoms with van der Waals surface area (Å²) < 4.78 is 0. The van der Waals surface area contributed by atoms with Crippen molar-refractivity contribution >= 4 is 29.0 Å². The summed E-state index contributed by atoms with van der Waals surface area (Å²) >= 11 is 5.91. The lowest BCUT2D eigenvalue weighted by molar-refractivity contribution is 0.224. The lowest BCUT2D eigenvalue weighted by atomic mass is 10.2. The fourth-order valence-electron chi connectivity index (χ4n) is 1.02. The predicted molar refractivity (Wildman–Crippen MR) is 63.2 cm³/mol. The van der Waals surface area contributed by atoms with Crippen LogP contribution in [-0.4, -0.2) is 24.5 Å². The number of halogens is 1. The Morgan fingerprint density at radius 3 is 2.80 bits per heavy atom. The molecular formula is C10H14ClN3O. The van der Waals surface area contributed by atoms with Gasteiger partial charge in [0, 0.05) is 13.6 Å². The molecule has 0 aliphatic rings. The van der Waals surface area contributed by atoms with Crippen LogP contribution in [0.3, 0.4) is 0 Å². The normalized spacial score (nSPS) is 9.80. The molecule has 3 N–H and O–H groups in total. The van der Waals surface area contributed by atoms with Gasteiger partial charge >= 0.3 is 6.03 Å². The van der Waals surface area contributed by atoms with Gasteiger partial charge in [-0.15, -0.1) is 0 Å². The second-order valence-corrected chi connectivity index (χ2v) is 3.56. The van der Waals surface area contributed by atoms with Gasteiger partial charge in [-0.1, -0.05) is 17.7 Å². The Balaban J connectivity index is 2.85. The molecule has 0 fully saturated rings. The molecule has 0 radical (unpaired) electrons. The topological polar surface area (TPSA) is 58.4 Å². The van der Waals surface area contributed by atoms with Crippen molar-refractivity contribution in [3.05, 3.63) is 23.2 Å². The first-order valence-corrected chi connectivity index (χ1v) is 5.00. The molecule has 1 aromatic carbocycles. The molecule has 0 aliphatic carbocycles. The fourth-order valence-corrected chi connectivity index (χ4v) is 1.25. The molecule has 1 aromatic rings. The van der Waals surface area contributed by atoms with Gasteiger partial charge in [0.25, 0.3) is 0 Å². The molecule has 82 valence electrons. The molecule has 0 atom stereocenters. The number of anilines is 2. The van der Waals surface area contributed by atoms with Crippen molar-refractivity contribution in [2.75, 3.05) is 24.6 Å². The highest BCUT2D eigenvalue weighted by atomic mass is 35.5. The second kappa shape index (κ2) is 4.89.